The first-order chi connectivity index (χ1) is 25.3. The molecule has 1 aromatic carbocycles. The number of likely N-dealkylation sites (N-methyl/N-ethyl adjacent to an activating group) is 1. The molecule has 2 aliphatic heterocycles. The molecule has 2 heterocycles. The minimum absolute atomic E-state index is 0.185. The Kier molecular flexibility index (Phi) is 13.7. The molecule has 0 saturated carbocycles. The number of esters is 2. The standard InChI is InChI=1S/C43H63NO9/c1-7-8-9-10-11-12-13-14-15-16-17-18-19-20-21-22-35(45)49-30(2)39(46)50-33-25-26-43(48)34-29-31-23-24-32(51-40(47)53-41(3,4)5)37-36(31)42(43,38(33)52-37)27-28-44(34)6/h14-15,23-25,30,34,38,48H,7-13,16-22,26-29H2,1-6H3/t30?,34-,38+,42+,43-/m1/s1. The summed E-state index contributed by atoms with van der Waals surface area (Å²) < 4.78 is 29.1. The summed E-state index contributed by atoms with van der Waals surface area (Å²) in [7, 11) is 2.01. The van der Waals surface area contributed by atoms with Crippen LogP contribution in [0.5, 0.6) is 11.5 Å². The topological polar surface area (TPSA) is 121 Å². The Labute approximate surface area is 316 Å². The van der Waals surface area contributed by atoms with Gasteiger partial charge in [-0.15, -0.1) is 0 Å². The van der Waals surface area contributed by atoms with Gasteiger partial charge in [0.25, 0.3) is 0 Å². The van der Waals surface area contributed by atoms with Crippen LogP contribution in [-0.4, -0.2) is 71.1 Å². The zero-order valence-corrected chi connectivity index (χ0v) is 33.0. The second-order valence-electron chi connectivity index (χ2n) is 16.5. The van der Waals surface area contributed by atoms with Crippen LogP contribution in [0.1, 0.15) is 148 Å². The van der Waals surface area contributed by atoms with Crippen molar-refractivity contribution in [2.24, 2.45) is 0 Å². The Morgan fingerprint density at radius 2 is 1.64 bits per heavy atom. The summed E-state index contributed by atoms with van der Waals surface area (Å²) in [5, 5.41) is 12.5. The van der Waals surface area contributed by atoms with Crippen molar-refractivity contribution in [1.82, 2.24) is 4.90 Å². The number of likely N-dealkylation sites (tertiary alicyclic amines) is 1. The lowest BCUT2D eigenvalue weighted by molar-refractivity contribution is -0.175. The summed E-state index contributed by atoms with van der Waals surface area (Å²) in [6.45, 7) is 9.72. The van der Waals surface area contributed by atoms with E-state index in [9.17, 15) is 19.5 Å². The Hall–Kier alpha value is -3.37. The largest absolute Gasteiger partial charge is 0.514 e. The van der Waals surface area contributed by atoms with Gasteiger partial charge in [0.05, 0.1) is 11.0 Å². The molecular weight excluding hydrogens is 674 g/mol. The van der Waals surface area contributed by atoms with Crippen LogP contribution in [0.25, 0.3) is 0 Å². The van der Waals surface area contributed by atoms with E-state index < -0.39 is 46.9 Å². The van der Waals surface area contributed by atoms with Gasteiger partial charge in [0.1, 0.15) is 11.4 Å². The molecule has 0 amide bonds. The predicted octanol–water partition coefficient (Wildman–Crippen LogP) is 8.79. The van der Waals surface area contributed by atoms with E-state index in [0.717, 1.165) is 43.2 Å². The van der Waals surface area contributed by atoms with Gasteiger partial charge in [0.2, 0.25) is 0 Å². The molecule has 1 N–H and O–H groups in total. The summed E-state index contributed by atoms with van der Waals surface area (Å²) in [4.78, 5) is 40.9. The van der Waals surface area contributed by atoms with Crippen molar-refractivity contribution in [2.45, 2.75) is 179 Å². The van der Waals surface area contributed by atoms with Gasteiger partial charge in [0, 0.05) is 24.4 Å². The normalized spacial score (nSPS) is 24.9. The summed E-state index contributed by atoms with van der Waals surface area (Å²) in [6.07, 6.45) is 20.4. The number of unbranched alkanes of at least 4 members (excludes halogenated alkanes) is 11. The molecule has 1 fully saturated rings. The highest BCUT2D eigenvalue weighted by Crippen LogP contribution is 2.65. The highest BCUT2D eigenvalue weighted by Gasteiger charge is 2.72. The summed E-state index contributed by atoms with van der Waals surface area (Å²) in [6, 6.07) is 3.42. The number of rotatable bonds is 19. The molecule has 53 heavy (non-hydrogen) atoms. The van der Waals surface area contributed by atoms with Gasteiger partial charge < -0.3 is 33.7 Å². The van der Waals surface area contributed by atoms with Gasteiger partial charge >= 0.3 is 18.1 Å². The lowest BCUT2D eigenvalue weighted by Crippen LogP contribution is -2.74. The first-order valence-electron chi connectivity index (χ1n) is 20.2. The van der Waals surface area contributed by atoms with Crippen LogP contribution >= 0.6 is 0 Å². The molecule has 10 nitrogen and oxygen atoms in total. The monoisotopic (exact) mass is 737 g/mol. The van der Waals surface area contributed by atoms with Gasteiger partial charge in [0.15, 0.2) is 23.7 Å². The van der Waals surface area contributed by atoms with Crippen LogP contribution < -0.4 is 9.47 Å². The first-order valence-corrected chi connectivity index (χ1v) is 20.2. The van der Waals surface area contributed by atoms with Crippen LogP contribution in [0.3, 0.4) is 0 Å². The first kappa shape index (κ1) is 40.8. The maximum absolute atomic E-state index is 13.4. The number of nitrogens with zero attached hydrogens (tertiary/aromatic N) is 1. The van der Waals surface area contributed by atoms with Crippen molar-refractivity contribution < 1.29 is 43.2 Å². The zero-order valence-electron chi connectivity index (χ0n) is 33.0. The van der Waals surface area contributed by atoms with Crippen molar-refractivity contribution in [3.8, 4) is 11.5 Å². The van der Waals surface area contributed by atoms with Gasteiger partial charge in [-0.25, -0.2) is 9.59 Å². The van der Waals surface area contributed by atoms with Crippen molar-refractivity contribution in [2.75, 3.05) is 13.6 Å². The second-order valence-corrected chi connectivity index (χ2v) is 16.5. The van der Waals surface area contributed by atoms with Crippen molar-refractivity contribution in [3.05, 3.63) is 47.2 Å². The third-order valence-corrected chi connectivity index (χ3v) is 11.4. The van der Waals surface area contributed by atoms with Crippen molar-refractivity contribution in [3.63, 3.8) is 0 Å². The van der Waals surface area contributed by atoms with Crippen molar-refractivity contribution >= 4 is 18.1 Å². The molecule has 2 aliphatic carbocycles. The molecule has 1 spiro atoms. The minimum Gasteiger partial charge on any atom is -0.477 e. The molecule has 10 heteroatoms. The number of allylic oxidation sites excluding steroid dienone is 2. The molecule has 0 radical (unpaired) electrons. The van der Waals surface area contributed by atoms with Crippen LogP contribution in [-0.2, 0) is 35.6 Å². The highest BCUT2D eigenvalue weighted by molar-refractivity contribution is 5.80. The van der Waals surface area contributed by atoms with E-state index in [2.05, 4.69) is 24.0 Å². The maximum atomic E-state index is 13.4. The number of aliphatic hydroxyl groups is 1. The van der Waals surface area contributed by atoms with Gasteiger partial charge in [-0.2, -0.15) is 0 Å². The number of carbonyl (C=O) groups is 3. The van der Waals surface area contributed by atoms with Crippen LogP contribution in [0.15, 0.2) is 36.1 Å². The molecule has 5 atom stereocenters. The van der Waals surface area contributed by atoms with Gasteiger partial charge in [-0.3, -0.25) is 4.79 Å². The fraction of sp³-hybridized carbons (Fsp3) is 0.698. The third-order valence-electron chi connectivity index (χ3n) is 11.4. The molecular formula is C43H63NO9. The van der Waals surface area contributed by atoms with E-state index >= 15 is 0 Å². The molecule has 1 aromatic rings. The van der Waals surface area contributed by atoms with E-state index in [1.807, 2.05) is 13.1 Å². The number of benzene rings is 1. The lowest BCUT2D eigenvalue weighted by Gasteiger charge is -2.61. The number of piperidine rings is 1. The Morgan fingerprint density at radius 3 is 2.32 bits per heavy atom. The Bertz CT molecular complexity index is 1510. The zero-order chi connectivity index (χ0) is 38.2. The SMILES string of the molecule is CCCCCCCCC=CCCCCCCCC(=O)OC(C)C(=O)OC1=CC[C@@]2(O)[C@H]3Cc4ccc(OC(=O)OC(C)(C)C)c5c4[C@@]2(CCN3C)[C@H]1O5. The van der Waals surface area contributed by atoms with Gasteiger partial charge in [-0.1, -0.05) is 76.5 Å². The molecule has 2 bridgehead atoms. The van der Waals surface area contributed by atoms with Crippen molar-refractivity contribution in [1.29, 1.82) is 0 Å². The fourth-order valence-corrected chi connectivity index (χ4v) is 8.71. The Balaban J connectivity index is 1.11. The lowest BCUT2D eigenvalue weighted by atomic mass is 9.50. The number of ether oxygens (including phenoxy) is 5. The number of hydrogen-bond donors (Lipinski definition) is 1. The van der Waals surface area contributed by atoms with E-state index in [0.29, 0.717) is 31.6 Å². The predicted molar refractivity (Wildman–Crippen MR) is 203 cm³/mol. The van der Waals surface area contributed by atoms with E-state index in [4.69, 9.17) is 23.7 Å². The average Bonchev–Trinajstić information content (AvgIpc) is 3.45. The van der Waals surface area contributed by atoms with E-state index in [1.54, 1.807) is 32.9 Å². The second kappa shape index (κ2) is 17.8. The quantitative estimate of drug-likeness (QED) is 0.0485. The summed E-state index contributed by atoms with van der Waals surface area (Å²) in [5.74, 6) is -0.342. The molecule has 0 aromatic heterocycles. The highest BCUT2D eigenvalue weighted by atomic mass is 16.7. The number of carbonyl (C=O) groups excluding carboxylic acids is 3. The summed E-state index contributed by atoms with van der Waals surface area (Å²) >= 11 is 0. The van der Waals surface area contributed by atoms with Crippen LogP contribution in [0.2, 0.25) is 0 Å². The smallest absolute Gasteiger partial charge is 0.477 e. The molecule has 4 aliphatic rings. The van der Waals surface area contributed by atoms with E-state index in [-0.39, 0.29) is 30.4 Å². The maximum Gasteiger partial charge on any atom is 0.514 e. The van der Waals surface area contributed by atoms with Crippen LogP contribution in [0.4, 0.5) is 4.79 Å². The van der Waals surface area contributed by atoms with Crippen LogP contribution in [0, 0.1) is 0 Å². The third kappa shape index (κ3) is 9.30. The summed E-state index contributed by atoms with van der Waals surface area (Å²) in [5.41, 5.74) is -1.13. The molecule has 5 rings (SSSR count). The Morgan fingerprint density at radius 1 is 0.981 bits per heavy atom. The molecule has 1 unspecified atom stereocenters. The van der Waals surface area contributed by atoms with Gasteiger partial charge in [-0.05, 0) is 104 Å². The average molecular weight is 738 g/mol. The number of hydrogen-bond acceptors (Lipinski definition) is 10. The molecule has 294 valence electrons. The molecule has 1 saturated heterocycles. The fourth-order valence-electron chi connectivity index (χ4n) is 8.71. The van der Waals surface area contributed by atoms with E-state index in [1.165, 1.54) is 51.9 Å². The minimum atomic E-state index is -1.22.